The van der Waals surface area contributed by atoms with Crippen molar-refractivity contribution < 1.29 is 9.18 Å². The van der Waals surface area contributed by atoms with Crippen LogP contribution >= 0.6 is 0 Å². The first kappa shape index (κ1) is 13.2. The van der Waals surface area contributed by atoms with E-state index in [1.54, 1.807) is 18.2 Å². The predicted molar refractivity (Wildman–Crippen MR) is 71.6 cm³/mol. The van der Waals surface area contributed by atoms with Gasteiger partial charge in [0.2, 0.25) is 5.91 Å². The Balaban J connectivity index is 2.11. The molecule has 0 aromatic heterocycles. The highest BCUT2D eigenvalue weighted by atomic mass is 19.1. The largest absolute Gasteiger partial charge is 0.368 e. The molecule has 0 saturated heterocycles. The number of rotatable bonds is 5. The molecular formula is C15H15FN2O. The Kier molecular flexibility index (Phi) is 4.26. The fraction of sp³-hybridized carbons (Fsp3) is 0.133. The second-order valence-electron chi connectivity index (χ2n) is 4.22. The molecule has 0 bridgehead atoms. The third-order valence-corrected chi connectivity index (χ3v) is 2.87. The van der Waals surface area contributed by atoms with Crippen LogP contribution in [0.15, 0.2) is 54.6 Å². The molecule has 4 heteroatoms. The van der Waals surface area contributed by atoms with E-state index in [1.807, 2.05) is 30.3 Å². The summed E-state index contributed by atoms with van der Waals surface area (Å²) in [6, 6.07) is 15.0. The molecule has 0 heterocycles. The van der Waals surface area contributed by atoms with Crippen molar-refractivity contribution in [2.45, 2.75) is 12.6 Å². The summed E-state index contributed by atoms with van der Waals surface area (Å²) in [5, 5.41) is 2.98. The maximum absolute atomic E-state index is 13.5. The highest BCUT2D eigenvalue weighted by Crippen LogP contribution is 2.14. The van der Waals surface area contributed by atoms with E-state index in [1.165, 1.54) is 6.07 Å². The van der Waals surface area contributed by atoms with Crippen molar-refractivity contribution in [3.05, 3.63) is 71.5 Å². The topological polar surface area (TPSA) is 55.1 Å². The van der Waals surface area contributed by atoms with Gasteiger partial charge in [0.15, 0.2) is 0 Å². The Morgan fingerprint density at radius 3 is 2.37 bits per heavy atom. The van der Waals surface area contributed by atoms with Crippen molar-refractivity contribution in [2.75, 3.05) is 0 Å². The zero-order valence-electron chi connectivity index (χ0n) is 10.3. The Morgan fingerprint density at radius 1 is 1.11 bits per heavy atom. The van der Waals surface area contributed by atoms with Crippen LogP contribution in [0.2, 0.25) is 0 Å². The molecule has 3 N–H and O–H groups in total. The molecule has 2 aromatic rings. The molecular weight excluding hydrogens is 243 g/mol. The summed E-state index contributed by atoms with van der Waals surface area (Å²) in [5.74, 6) is -0.783. The highest BCUT2D eigenvalue weighted by Gasteiger charge is 2.17. The van der Waals surface area contributed by atoms with Crippen molar-refractivity contribution in [3.8, 4) is 0 Å². The average molecular weight is 258 g/mol. The zero-order valence-corrected chi connectivity index (χ0v) is 10.3. The van der Waals surface area contributed by atoms with Gasteiger partial charge < -0.3 is 5.73 Å². The molecule has 0 saturated carbocycles. The van der Waals surface area contributed by atoms with Crippen LogP contribution < -0.4 is 11.1 Å². The van der Waals surface area contributed by atoms with Crippen molar-refractivity contribution in [3.63, 3.8) is 0 Å². The maximum Gasteiger partial charge on any atom is 0.239 e. The average Bonchev–Trinajstić information content (AvgIpc) is 2.42. The molecule has 0 radical (unpaired) electrons. The van der Waals surface area contributed by atoms with Crippen LogP contribution in [0.4, 0.5) is 4.39 Å². The van der Waals surface area contributed by atoms with Crippen LogP contribution in [0.5, 0.6) is 0 Å². The van der Waals surface area contributed by atoms with Crippen molar-refractivity contribution in [1.29, 1.82) is 0 Å². The molecule has 0 aliphatic rings. The summed E-state index contributed by atoms with van der Waals surface area (Å²) >= 11 is 0. The summed E-state index contributed by atoms with van der Waals surface area (Å²) in [7, 11) is 0. The molecule has 1 amide bonds. The summed E-state index contributed by atoms with van der Waals surface area (Å²) in [6.07, 6.45) is 0. The minimum Gasteiger partial charge on any atom is -0.368 e. The van der Waals surface area contributed by atoms with Gasteiger partial charge in [0, 0.05) is 12.1 Å². The number of carbonyl (C=O) groups is 1. The second-order valence-corrected chi connectivity index (χ2v) is 4.22. The number of carbonyl (C=O) groups excluding carboxylic acids is 1. The first-order chi connectivity index (χ1) is 9.18. The molecule has 3 nitrogen and oxygen atoms in total. The van der Waals surface area contributed by atoms with Crippen LogP contribution in [0.25, 0.3) is 0 Å². The van der Waals surface area contributed by atoms with E-state index in [9.17, 15) is 9.18 Å². The number of nitrogens with one attached hydrogen (secondary N) is 1. The second kappa shape index (κ2) is 6.11. The quantitative estimate of drug-likeness (QED) is 0.863. The van der Waals surface area contributed by atoms with E-state index in [-0.39, 0.29) is 12.4 Å². The molecule has 2 rings (SSSR count). The van der Waals surface area contributed by atoms with E-state index in [4.69, 9.17) is 5.73 Å². The molecule has 0 aliphatic carbocycles. The molecule has 0 fully saturated rings. The molecule has 19 heavy (non-hydrogen) atoms. The molecule has 0 unspecified atom stereocenters. The summed E-state index contributed by atoms with van der Waals surface area (Å²) in [5.41, 5.74) is 6.65. The van der Waals surface area contributed by atoms with E-state index < -0.39 is 11.9 Å². The molecule has 0 aliphatic heterocycles. The van der Waals surface area contributed by atoms with Gasteiger partial charge in [-0.25, -0.2) is 4.39 Å². The summed E-state index contributed by atoms with van der Waals surface area (Å²) < 4.78 is 13.5. The number of hydrogen-bond acceptors (Lipinski definition) is 2. The van der Waals surface area contributed by atoms with Gasteiger partial charge in [-0.3, -0.25) is 10.1 Å². The number of halogens is 1. The fourth-order valence-corrected chi connectivity index (χ4v) is 1.88. The van der Waals surface area contributed by atoms with Gasteiger partial charge >= 0.3 is 0 Å². The van der Waals surface area contributed by atoms with E-state index in [2.05, 4.69) is 5.32 Å². The van der Waals surface area contributed by atoms with Gasteiger partial charge in [-0.05, 0) is 11.6 Å². The lowest BCUT2D eigenvalue weighted by Crippen LogP contribution is -2.33. The van der Waals surface area contributed by atoms with Crippen LogP contribution in [0, 0.1) is 5.82 Å². The van der Waals surface area contributed by atoms with Gasteiger partial charge in [0.05, 0.1) is 0 Å². The first-order valence-corrected chi connectivity index (χ1v) is 5.99. The number of hydrogen-bond donors (Lipinski definition) is 2. The lowest BCUT2D eigenvalue weighted by molar-refractivity contribution is -0.120. The van der Waals surface area contributed by atoms with Gasteiger partial charge in [-0.1, -0.05) is 48.5 Å². The minimum atomic E-state index is -0.624. The van der Waals surface area contributed by atoms with E-state index in [0.29, 0.717) is 5.56 Å². The number of benzene rings is 2. The predicted octanol–water partition coefficient (Wildman–Crippen LogP) is 2.14. The highest BCUT2D eigenvalue weighted by molar-refractivity contribution is 5.81. The van der Waals surface area contributed by atoms with Crippen molar-refractivity contribution in [1.82, 2.24) is 5.32 Å². The van der Waals surface area contributed by atoms with Gasteiger partial charge in [0.25, 0.3) is 0 Å². The van der Waals surface area contributed by atoms with Gasteiger partial charge in [-0.15, -0.1) is 0 Å². The third-order valence-electron chi connectivity index (χ3n) is 2.87. The van der Waals surface area contributed by atoms with Crippen LogP contribution in [0.3, 0.4) is 0 Å². The first-order valence-electron chi connectivity index (χ1n) is 5.99. The SMILES string of the molecule is NC(=O)[C@H](NCc1ccccc1F)c1ccccc1. The third kappa shape index (κ3) is 3.39. The van der Waals surface area contributed by atoms with Crippen LogP contribution in [-0.4, -0.2) is 5.91 Å². The lowest BCUT2D eigenvalue weighted by Gasteiger charge is -2.16. The molecule has 2 aromatic carbocycles. The standard InChI is InChI=1S/C15H15FN2O/c16-13-9-5-4-8-12(13)10-18-14(15(17)19)11-6-2-1-3-7-11/h1-9,14,18H,10H2,(H2,17,19)/t14-/m1/s1. The fourth-order valence-electron chi connectivity index (χ4n) is 1.88. The molecule has 1 atom stereocenters. The van der Waals surface area contributed by atoms with Gasteiger partial charge in [-0.2, -0.15) is 0 Å². The van der Waals surface area contributed by atoms with Crippen molar-refractivity contribution in [2.24, 2.45) is 5.73 Å². The maximum atomic E-state index is 13.5. The summed E-state index contributed by atoms with van der Waals surface area (Å²) in [6.45, 7) is 0.245. The van der Waals surface area contributed by atoms with Gasteiger partial charge in [0.1, 0.15) is 11.9 Å². The van der Waals surface area contributed by atoms with E-state index >= 15 is 0 Å². The zero-order chi connectivity index (χ0) is 13.7. The minimum absolute atomic E-state index is 0.245. The number of primary amides is 1. The monoisotopic (exact) mass is 258 g/mol. The Hall–Kier alpha value is -2.20. The lowest BCUT2D eigenvalue weighted by atomic mass is 10.1. The van der Waals surface area contributed by atoms with E-state index in [0.717, 1.165) is 5.56 Å². The number of amides is 1. The van der Waals surface area contributed by atoms with Crippen LogP contribution in [-0.2, 0) is 11.3 Å². The Labute approximate surface area is 111 Å². The molecule has 0 spiro atoms. The van der Waals surface area contributed by atoms with Crippen molar-refractivity contribution >= 4 is 5.91 Å². The molecule has 98 valence electrons. The number of nitrogens with two attached hydrogens (primary N) is 1. The smallest absolute Gasteiger partial charge is 0.239 e. The Bertz CT molecular complexity index is 557. The normalized spacial score (nSPS) is 12.1. The Morgan fingerprint density at radius 2 is 1.74 bits per heavy atom. The summed E-state index contributed by atoms with van der Waals surface area (Å²) in [4.78, 5) is 11.5. The van der Waals surface area contributed by atoms with Crippen LogP contribution in [0.1, 0.15) is 17.2 Å².